The Balaban J connectivity index is 1.91. The number of hydrogen-bond donors (Lipinski definition) is 3. The lowest BCUT2D eigenvalue weighted by molar-refractivity contribution is -0.143. The molecule has 1 aliphatic heterocycles. The fraction of sp³-hybridized carbons (Fsp3) is 0.211. The third-order valence-corrected chi connectivity index (χ3v) is 5.19. The van der Waals surface area contributed by atoms with Crippen LogP contribution < -0.4 is 5.32 Å². The van der Waals surface area contributed by atoms with Crippen molar-refractivity contribution in [1.29, 1.82) is 0 Å². The number of carbonyl (C=O) groups excluding carboxylic acids is 1. The minimum atomic E-state index is -0.472. The number of benzene rings is 2. The number of esters is 1. The van der Waals surface area contributed by atoms with Crippen molar-refractivity contribution in [3.63, 3.8) is 0 Å². The molecule has 1 aliphatic rings. The second-order valence-corrected chi connectivity index (χ2v) is 7.06. The second kappa shape index (κ2) is 6.20. The molecule has 2 atom stereocenters. The van der Waals surface area contributed by atoms with E-state index in [2.05, 4.69) is 26.2 Å². The highest BCUT2D eigenvalue weighted by Crippen LogP contribution is 2.39. The van der Waals surface area contributed by atoms with E-state index >= 15 is 0 Å². The zero-order valence-electron chi connectivity index (χ0n) is 13.5. The van der Waals surface area contributed by atoms with Crippen LogP contribution in [-0.4, -0.2) is 29.2 Å². The van der Waals surface area contributed by atoms with Gasteiger partial charge >= 0.3 is 5.97 Å². The molecule has 2 heterocycles. The Bertz CT molecular complexity index is 966. The molecule has 0 spiro atoms. The first kappa shape index (κ1) is 16.2. The molecule has 6 heteroatoms. The van der Waals surface area contributed by atoms with Crippen LogP contribution in [0.3, 0.4) is 0 Å². The van der Waals surface area contributed by atoms with Crippen LogP contribution in [0, 0.1) is 0 Å². The molecule has 0 aliphatic carbocycles. The number of fused-ring (bicyclic) bond motifs is 3. The maximum absolute atomic E-state index is 12.2. The summed E-state index contributed by atoms with van der Waals surface area (Å²) in [6.45, 7) is 0. The predicted octanol–water partition coefficient (Wildman–Crippen LogP) is 3.41. The minimum Gasteiger partial charge on any atom is -0.508 e. The van der Waals surface area contributed by atoms with E-state index in [0.717, 1.165) is 26.6 Å². The number of hydrogen-bond acceptors (Lipinski definition) is 4. The standard InChI is InChI=1S/C19H17BrN2O3/c1-25-19(24)15-9-12-11-4-2-3-5-14(11)21-17(12)18(22-15)13-8-10(20)6-7-16(13)23/h2-8,15,18,21-23H,9H2,1H3. The van der Waals surface area contributed by atoms with E-state index in [9.17, 15) is 9.90 Å². The summed E-state index contributed by atoms with van der Waals surface area (Å²) in [5.41, 5.74) is 3.76. The SMILES string of the molecule is COC(=O)C1Cc2c([nH]c3ccccc23)C(c2cc(Br)ccc2O)N1. The number of phenolic OH excluding ortho intramolecular Hbond substituents is 1. The number of ether oxygens (including phenoxy) is 1. The molecule has 0 radical (unpaired) electrons. The van der Waals surface area contributed by atoms with Crippen molar-refractivity contribution in [3.05, 3.63) is 63.8 Å². The lowest BCUT2D eigenvalue weighted by Crippen LogP contribution is -2.45. The van der Waals surface area contributed by atoms with Gasteiger partial charge in [-0.1, -0.05) is 34.1 Å². The van der Waals surface area contributed by atoms with Crippen LogP contribution in [-0.2, 0) is 16.0 Å². The molecule has 0 saturated carbocycles. The molecule has 3 aromatic rings. The van der Waals surface area contributed by atoms with Crippen molar-refractivity contribution in [2.75, 3.05) is 7.11 Å². The number of para-hydroxylation sites is 1. The van der Waals surface area contributed by atoms with Crippen LogP contribution in [0.2, 0.25) is 0 Å². The second-order valence-electron chi connectivity index (χ2n) is 6.15. The molecule has 0 amide bonds. The number of phenols is 1. The van der Waals surface area contributed by atoms with Crippen LogP contribution in [0.1, 0.15) is 22.9 Å². The third kappa shape index (κ3) is 2.71. The van der Waals surface area contributed by atoms with E-state index in [4.69, 9.17) is 4.74 Å². The topological polar surface area (TPSA) is 74.4 Å². The van der Waals surface area contributed by atoms with E-state index in [1.54, 1.807) is 12.1 Å². The highest BCUT2D eigenvalue weighted by Gasteiger charge is 2.35. The van der Waals surface area contributed by atoms with Crippen LogP contribution >= 0.6 is 15.9 Å². The summed E-state index contributed by atoms with van der Waals surface area (Å²) in [7, 11) is 1.39. The maximum atomic E-state index is 12.2. The highest BCUT2D eigenvalue weighted by molar-refractivity contribution is 9.10. The molecule has 0 saturated heterocycles. The van der Waals surface area contributed by atoms with Gasteiger partial charge in [0.05, 0.1) is 13.2 Å². The summed E-state index contributed by atoms with van der Waals surface area (Å²) < 4.78 is 5.81. The number of rotatable bonds is 2. The van der Waals surface area contributed by atoms with Gasteiger partial charge in [-0.25, -0.2) is 0 Å². The van der Waals surface area contributed by atoms with Crippen molar-refractivity contribution in [2.24, 2.45) is 0 Å². The molecule has 0 bridgehead atoms. The van der Waals surface area contributed by atoms with Gasteiger partial charge in [0.2, 0.25) is 0 Å². The minimum absolute atomic E-state index is 0.177. The molecule has 25 heavy (non-hydrogen) atoms. The molecular formula is C19H17BrN2O3. The van der Waals surface area contributed by atoms with Crippen molar-refractivity contribution in [3.8, 4) is 5.75 Å². The normalized spacial score (nSPS) is 19.6. The lowest BCUT2D eigenvalue weighted by atomic mass is 9.90. The number of H-pyrrole nitrogens is 1. The summed E-state index contributed by atoms with van der Waals surface area (Å²) in [4.78, 5) is 15.6. The Morgan fingerprint density at radius 3 is 2.88 bits per heavy atom. The van der Waals surface area contributed by atoms with Gasteiger partial charge in [0.1, 0.15) is 11.8 Å². The highest BCUT2D eigenvalue weighted by atomic mass is 79.9. The molecule has 1 aromatic heterocycles. The number of carbonyl (C=O) groups is 1. The molecule has 4 rings (SSSR count). The summed E-state index contributed by atoms with van der Waals surface area (Å²) in [6.07, 6.45) is 0.539. The van der Waals surface area contributed by atoms with Crippen molar-refractivity contribution < 1.29 is 14.6 Å². The predicted molar refractivity (Wildman–Crippen MR) is 98.6 cm³/mol. The summed E-state index contributed by atoms with van der Waals surface area (Å²) in [6, 6.07) is 12.5. The summed E-state index contributed by atoms with van der Waals surface area (Å²) in [5, 5.41) is 14.8. The number of aromatic nitrogens is 1. The molecule has 3 N–H and O–H groups in total. The number of nitrogens with one attached hydrogen (secondary N) is 2. The number of halogens is 1. The number of aromatic amines is 1. The molecule has 0 fully saturated rings. The van der Waals surface area contributed by atoms with Gasteiger partial charge in [-0.05, 0) is 29.8 Å². The van der Waals surface area contributed by atoms with E-state index in [0.29, 0.717) is 12.0 Å². The number of methoxy groups -OCH3 is 1. The summed E-state index contributed by atoms with van der Waals surface area (Å²) in [5.74, 6) is -0.133. The maximum Gasteiger partial charge on any atom is 0.323 e. The van der Waals surface area contributed by atoms with Crippen LogP contribution in [0.4, 0.5) is 0 Å². The molecule has 2 unspecified atom stereocenters. The monoisotopic (exact) mass is 400 g/mol. The van der Waals surface area contributed by atoms with Gasteiger partial charge in [-0.15, -0.1) is 0 Å². The lowest BCUT2D eigenvalue weighted by Gasteiger charge is -2.30. The Morgan fingerprint density at radius 2 is 2.08 bits per heavy atom. The average molecular weight is 401 g/mol. The molecular weight excluding hydrogens is 384 g/mol. The number of aromatic hydroxyl groups is 1. The van der Waals surface area contributed by atoms with Gasteiger partial charge < -0.3 is 14.8 Å². The van der Waals surface area contributed by atoms with Crippen LogP contribution in [0.25, 0.3) is 10.9 Å². The zero-order chi connectivity index (χ0) is 17.6. The Hall–Kier alpha value is -2.31. The van der Waals surface area contributed by atoms with E-state index in [-0.39, 0.29) is 17.8 Å². The van der Waals surface area contributed by atoms with Gasteiger partial charge in [0, 0.05) is 33.1 Å². The van der Waals surface area contributed by atoms with E-state index in [1.165, 1.54) is 7.11 Å². The van der Waals surface area contributed by atoms with Gasteiger partial charge in [0.25, 0.3) is 0 Å². The molecule has 5 nitrogen and oxygen atoms in total. The fourth-order valence-corrected chi connectivity index (χ4v) is 3.91. The Labute approximate surface area is 153 Å². The fourth-order valence-electron chi connectivity index (χ4n) is 3.53. The first-order chi connectivity index (χ1) is 12.1. The Kier molecular flexibility index (Phi) is 4.01. The average Bonchev–Trinajstić information content (AvgIpc) is 3.01. The van der Waals surface area contributed by atoms with Crippen molar-refractivity contribution >= 4 is 32.8 Å². The zero-order valence-corrected chi connectivity index (χ0v) is 15.1. The third-order valence-electron chi connectivity index (χ3n) is 4.70. The first-order valence-electron chi connectivity index (χ1n) is 8.00. The van der Waals surface area contributed by atoms with Gasteiger partial charge in [-0.3, -0.25) is 10.1 Å². The van der Waals surface area contributed by atoms with Crippen LogP contribution in [0.5, 0.6) is 5.75 Å². The van der Waals surface area contributed by atoms with Crippen molar-refractivity contribution in [1.82, 2.24) is 10.3 Å². The van der Waals surface area contributed by atoms with Gasteiger partial charge in [-0.2, -0.15) is 0 Å². The van der Waals surface area contributed by atoms with E-state index < -0.39 is 6.04 Å². The smallest absolute Gasteiger partial charge is 0.323 e. The first-order valence-corrected chi connectivity index (χ1v) is 8.79. The Morgan fingerprint density at radius 1 is 1.28 bits per heavy atom. The van der Waals surface area contributed by atoms with Crippen molar-refractivity contribution in [2.45, 2.75) is 18.5 Å². The van der Waals surface area contributed by atoms with Crippen LogP contribution in [0.15, 0.2) is 46.9 Å². The van der Waals surface area contributed by atoms with E-state index in [1.807, 2.05) is 30.3 Å². The largest absolute Gasteiger partial charge is 0.508 e. The summed E-state index contributed by atoms with van der Waals surface area (Å²) >= 11 is 3.45. The van der Waals surface area contributed by atoms with Gasteiger partial charge in [0.15, 0.2) is 0 Å². The molecule has 128 valence electrons. The molecule has 2 aromatic carbocycles. The quantitative estimate of drug-likeness (QED) is 0.576.